The van der Waals surface area contributed by atoms with Crippen molar-refractivity contribution in [2.45, 2.75) is 68.7 Å². The molecular formula is C29H30ClF6N7O. The molecule has 3 atom stereocenters. The molecule has 0 aliphatic carbocycles. The Hall–Kier alpha value is -3.10. The molecule has 0 spiro atoms. The first-order valence-corrected chi connectivity index (χ1v) is 14.9. The van der Waals surface area contributed by atoms with Crippen LogP contribution in [0.3, 0.4) is 0 Å². The second kappa shape index (κ2) is 10.2. The lowest BCUT2D eigenvalue weighted by Crippen LogP contribution is -2.51. The van der Waals surface area contributed by atoms with Gasteiger partial charge in [0.05, 0.1) is 33.9 Å². The van der Waals surface area contributed by atoms with E-state index >= 15 is 4.39 Å². The van der Waals surface area contributed by atoms with Crippen molar-refractivity contribution in [3.8, 4) is 17.3 Å². The highest BCUT2D eigenvalue weighted by Crippen LogP contribution is 2.47. The topological polar surface area (TPSA) is 92.4 Å². The Kier molecular flexibility index (Phi) is 6.87. The van der Waals surface area contributed by atoms with Crippen LogP contribution in [-0.2, 0) is 6.18 Å². The zero-order valence-corrected chi connectivity index (χ0v) is 24.5. The van der Waals surface area contributed by atoms with Crippen LogP contribution >= 0.6 is 11.6 Å². The van der Waals surface area contributed by atoms with Crippen LogP contribution in [-0.4, -0.2) is 76.2 Å². The summed E-state index contributed by atoms with van der Waals surface area (Å²) in [5.74, 6) is -3.94. The van der Waals surface area contributed by atoms with E-state index in [-0.39, 0.29) is 65.0 Å². The van der Waals surface area contributed by atoms with Crippen molar-refractivity contribution in [3.05, 3.63) is 34.1 Å². The van der Waals surface area contributed by atoms with Crippen LogP contribution in [0.5, 0.6) is 6.01 Å². The number of hydrogen-bond donors (Lipinski definition) is 2. The van der Waals surface area contributed by atoms with Gasteiger partial charge in [0.2, 0.25) is 0 Å². The lowest BCUT2D eigenvalue weighted by molar-refractivity contribution is -0.137. The minimum absolute atomic E-state index is 0.142. The highest BCUT2D eigenvalue weighted by molar-refractivity contribution is 6.34. The number of rotatable bonds is 5. The van der Waals surface area contributed by atoms with Gasteiger partial charge in [-0.3, -0.25) is 4.90 Å². The third kappa shape index (κ3) is 4.98. The van der Waals surface area contributed by atoms with E-state index in [1.165, 1.54) is 13.0 Å². The zero-order valence-electron chi connectivity index (χ0n) is 23.7. The quantitative estimate of drug-likeness (QED) is 0.349. The van der Waals surface area contributed by atoms with Crippen LogP contribution in [0.2, 0.25) is 5.02 Å². The monoisotopic (exact) mass is 641 g/mol. The Morgan fingerprint density at radius 1 is 1.14 bits per heavy atom. The van der Waals surface area contributed by atoms with Crippen molar-refractivity contribution in [1.29, 1.82) is 0 Å². The lowest BCUT2D eigenvalue weighted by atomic mass is 9.94. The molecule has 4 fully saturated rings. The molecule has 3 aromatic rings. The molecule has 8 nitrogen and oxygen atoms in total. The van der Waals surface area contributed by atoms with Gasteiger partial charge < -0.3 is 20.7 Å². The summed E-state index contributed by atoms with van der Waals surface area (Å²) < 4.78 is 94.0. The Labute approximate surface area is 253 Å². The zero-order chi connectivity index (χ0) is 31.2. The number of nitrogens with one attached hydrogen (secondary N) is 1. The molecule has 236 valence electrons. The second-order valence-corrected chi connectivity index (χ2v) is 12.9. The number of ether oxygens (including phenoxy) is 1. The molecular weight excluding hydrogens is 612 g/mol. The lowest BCUT2D eigenvalue weighted by Gasteiger charge is -2.34. The Bertz CT molecular complexity index is 1640. The maximum atomic E-state index is 16.6. The molecule has 1 aromatic carbocycles. The first kappa shape index (κ1) is 29.6. The summed E-state index contributed by atoms with van der Waals surface area (Å²) in [6, 6.07) is 2.48. The van der Waals surface area contributed by atoms with Crippen LogP contribution in [0.25, 0.3) is 22.2 Å². The predicted octanol–water partition coefficient (Wildman–Crippen LogP) is 5.59. The van der Waals surface area contributed by atoms with Gasteiger partial charge >= 0.3 is 12.2 Å². The van der Waals surface area contributed by atoms with E-state index in [9.17, 15) is 22.0 Å². The molecule has 0 amide bonds. The molecule has 4 aliphatic heterocycles. The number of hydrogen-bond acceptors (Lipinski definition) is 8. The summed E-state index contributed by atoms with van der Waals surface area (Å²) in [7, 11) is 0. The fourth-order valence-corrected chi connectivity index (χ4v) is 7.84. The van der Waals surface area contributed by atoms with Crippen molar-refractivity contribution in [1.82, 2.24) is 25.2 Å². The molecule has 2 unspecified atom stereocenters. The van der Waals surface area contributed by atoms with E-state index in [1.807, 2.05) is 4.90 Å². The molecule has 6 heterocycles. The first-order valence-electron chi connectivity index (χ1n) is 14.5. The van der Waals surface area contributed by atoms with Gasteiger partial charge in [-0.25, -0.2) is 18.2 Å². The average Bonchev–Trinajstić information content (AvgIpc) is 3.54. The number of anilines is 2. The maximum Gasteiger partial charge on any atom is 0.418 e. The van der Waals surface area contributed by atoms with Crippen molar-refractivity contribution >= 4 is 34.1 Å². The maximum absolute atomic E-state index is 16.6. The molecule has 2 aromatic heterocycles. The number of nitrogen functional groups attached to an aromatic ring is 1. The van der Waals surface area contributed by atoms with E-state index in [0.29, 0.717) is 31.9 Å². The minimum Gasteiger partial charge on any atom is -0.461 e. The van der Waals surface area contributed by atoms with Gasteiger partial charge in [0, 0.05) is 37.0 Å². The molecule has 44 heavy (non-hydrogen) atoms. The highest BCUT2D eigenvalue weighted by atomic mass is 35.5. The normalized spacial score (nSPS) is 26.5. The average molecular weight is 642 g/mol. The molecule has 4 aliphatic rings. The first-order chi connectivity index (χ1) is 20.7. The van der Waals surface area contributed by atoms with Crippen molar-refractivity contribution in [3.63, 3.8) is 0 Å². The number of benzene rings is 1. The summed E-state index contributed by atoms with van der Waals surface area (Å²) in [6.45, 7) is 2.30. The Morgan fingerprint density at radius 3 is 2.57 bits per heavy atom. The number of aromatic nitrogens is 3. The van der Waals surface area contributed by atoms with Crippen LogP contribution in [0, 0.1) is 12.7 Å². The molecule has 7 rings (SSSR count). The number of halogens is 7. The van der Waals surface area contributed by atoms with Gasteiger partial charge in [0.15, 0.2) is 5.82 Å². The van der Waals surface area contributed by atoms with E-state index in [0.717, 1.165) is 25.3 Å². The standard InChI is InChI=1S/C29H30ClF6N7O/c1-14-7-19(37)39-24(21(14)29(34,35)36)20-18(30)8-17-23(22(20)31)40-26(41-25(17)42-9-15-3-4-16(10-42)38-15)44-13-27-5-2-6-43(27)12-28(32,33)11-27/h7-8,15-16,38H,2-6,9-13H2,1H3,(H2,37,39)/t15?,16?,27-/m1/s1. The smallest absolute Gasteiger partial charge is 0.418 e. The Balaban J connectivity index is 1.37. The third-order valence-corrected chi connectivity index (χ3v) is 9.63. The molecule has 3 N–H and O–H groups in total. The molecule has 4 saturated heterocycles. The van der Waals surface area contributed by atoms with Gasteiger partial charge in [-0.1, -0.05) is 11.6 Å². The van der Waals surface area contributed by atoms with E-state index in [4.69, 9.17) is 22.1 Å². The summed E-state index contributed by atoms with van der Waals surface area (Å²) in [5, 5.41) is 3.38. The molecule has 0 radical (unpaired) electrons. The summed E-state index contributed by atoms with van der Waals surface area (Å²) in [4.78, 5) is 16.5. The number of pyridine rings is 1. The number of fused-ring (bicyclic) bond motifs is 4. The molecule has 0 saturated carbocycles. The third-order valence-electron chi connectivity index (χ3n) is 9.34. The van der Waals surface area contributed by atoms with E-state index in [2.05, 4.69) is 20.3 Å². The number of nitrogens with two attached hydrogens (primary N) is 1. The number of nitrogens with zero attached hydrogens (tertiary/aromatic N) is 5. The largest absolute Gasteiger partial charge is 0.461 e. The van der Waals surface area contributed by atoms with Crippen LogP contribution in [0.4, 0.5) is 38.0 Å². The fraction of sp³-hybridized carbons (Fsp3) is 0.552. The SMILES string of the molecule is Cc1cc(N)nc(-c2c(Cl)cc3c(N4CC5CCC(C4)N5)nc(OC[C@]45CCCN4CC(F)(F)C5)nc3c2F)c1C(F)(F)F. The summed E-state index contributed by atoms with van der Waals surface area (Å²) in [6.07, 6.45) is -2.14. The van der Waals surface area contributed by atoms with Crippen molar-refractivity contribution < 1.29 is 31.1 Å². The summed E-state index contributed by atoms with van der Waals surface area (Å²) >= 11 is 6.54. The molecule has 2 bridgehead atoms. The van der Waals surface area contributed by atoms with Crippen LogP contribution in [0.1, 0.15) is 43.2 Å². The van der Waals surface area contributed by atoms with Gasteiger partial charge in [-0.05, 0) is 56.8 Å². The summed E-state index contributed by atoms with van der Waals surface area (Å²) in [5.41, 5.74) is 1.80. The highest BCUT2D eigenvalue weighted by Gasteiger charge is 2.57. The fourth-order valence-electron chi connectivity index (χ4n) is 7.56. The van der Waals surface area contributed by atoms with Gasteiger partial charge in [0.1, 0.15) is 23.8 Å². The van der Waals surface area contributed by atoms with Crippen LogP contribution < -0.4 is 20.7 Å². The van der Waals surface area contributed by atoms with Gasteiger partial charge in [0.25, 0.3) is 5.92 Å². The van der Waals surface area contributed by atoms with Gasteiger partial charge in [-0.2, -0.15) is 23.1 Å². The van der Waals surface area contributed by atoms with Gasteiger partial charge in [-0.15, -0.1) is 0 Å². The van der Waals surface area contributed by atoms with Crippen molar-refractivity contribution in [2.24, 2.45) is 0 Å². The van der Waals surface area contributed by atoms with E-state index < -0.39 is 40.3 Å². The Morgan fingerprint density at radius 2 is 1.86 bits per heavy atom. The number of alkyl halides is 5. The van der Waals surface area contributed by atoms with Crippen LogP contribution in [0.15, 0.2) is 12.1 Å². The number of aryl methyl sites for hydroxylation is 1. The van der Waals surface area contributed by atoms with E-state index in [1.54, 1.807) is 4.90 Å². The molecule has 15 heteroatoms. The predicted molar refractivity (Wildman–Crippen MR) is 153 cm³/mol. The van der Waals surface area contributed by atoms with Crippen molar-refractivity contribution in [2.75, 3.05) is 43.4 Å². The number of piperazine rings is 1. The second-order valence-electron chi connectivity index (χ2n) is 12.5. The minimum atomic E-state index is -4.88.